The zero-order valence-electron chi connectivity index (χ0n) is 8.19. The standard InChI is InChI=1S/C5H12S.C4H11N/c1-2-3-4-5-6;1-3-5-4-2/h6H,2-5H2,1H3;5H,3-4H2,1-2H3. The maximum Gasteiger partial charge on any atom is -0.00775 e. The van der Waals surface area contributed by atoms with Crippen LogP contribution in [0, 0.1) is 0 Å². The molecule has 0 aromatic rings. The molecule has 0 saturated carbocycles. The molecule has 0 aliphatic rings. The van der Waals surface area contributed by atoms with Gasteiger partial charge in [-0.3, -0.25) is 0 Å². The zero-order chi connectivity index (χ0) is 8.95. The van der Waals surface area contributed by atoms with E-state index in [-0.39, 0.29) is 0 Å². The summed E-state index contributed by atoms with van der Waals surface area (Å²) in [5.41, 5.74) is 0. The maximum atomic E-state index is 4.05. The van der Waals surface area contributed by atoms with Gasteiger partial charge >= 0.3 is 0 Å². The lowest BCUT2D eigenvalue weighted by Gasteiger charge is -1.86. The highest BCUT2D eigenvalue weighted by Gasteiger charge is 1.75. The van der Waals surface area contributed by atoms with Crippen LogP contribution in [-0.2, 0) is 0 Å². The average Bonchev–Trinajstić information content (AvgIpc) is 2.04. The topological polar surface area (TPSA) is 12.0 Å². The molecule has 1 N–H and O–H groups in total. The Kier molecular flexibility index (Phi) is 21.1. The van der Waals surface area contributed by atoms with Crippen LogP contribution in [0.5, 0.6) is 0 Å². The van der Waals surface area contributed by atoms with E-state index in [1.54, 1.807) is 0 Å². The Labute approximate surface area is 77.4 Å². The summed E-state index contributed by atoms with van der Waals surface area (Å²) in [7, 11) is 0. The summed E-state index contributed by atoms with van der Waals surface area (Å²) in [5.74, 6) is 1.05. The van der Waals surface area contributed by atoms with Crippen molar-refractivity contribution in [2.75, 3.05) is 18.8 Å². The van der Waals surface area contributed by atoms with E-state index in [0.717, 1.165) is 18.8 Å². The second kappa shape index (κ2) is 16.7. The SMILES string of the molecule is CCCCCS.CCNCC. The molecule has 0 radical (unpaired) electrons. The number of rotatable bonds is 5. The van der Waals surface area contributed by atoms with E-state index in [2.05, 4.69) is 38.7 Å². The van der Waals surface area contributed by atoms with Crippen LogP contribution >= 0.6 is 12.6 Å². The summed E-state index contributed by atoms with van der Waals surface area (Å²) in [6.45, 7) is 8.59. The van der Waals surface area contributed by atoms with Gasteiger partial charge in [0.25, 0.3) is 0 Å². The van der Waals surface area contributed by atoms with Gasteiger partial charge in [0.15, 0.2) is 0 Å². The Morgan fingerprint density at radius 1 is 1.00 bits per heavy atom. The molecule has 1 nitrogen and oxygen atoms in total. The lowest BCUT2D eigenvalue weighted by Crippen LogP contribution is -2.09. The summed E-state index contributed by atoms with van der Waals surface area (Å²) in [5, 5.41) is 3.11. The minimum atomic E-state index is 1.05. The fraction of sp³-hybridized carbons (Fsp3) is 1.00. The number of hydrogen-bond acceptors (Lipinski definition) is 2. The van der Waals surface area contributed by atoms with Crippen LogP contribution in [0.15, 0.2) is 0 Å². The first-order valence-electron chi connectivity index (χ1n) is 4.64. The average molecular weight is 177 g/mol. The van der Waals surface area contributed by atoms with Crippen LogP contribution in [0.1, 0.15) is 40.0 Å². The predicted octanol–water partition coefficient (Wildman–Crippen LogP) is 2.72. The highest BCUT2D eigenvalue weighted by molar-refractivity contribution is 7.80. The van der Waals surface area contributed by atoms with Crippen molar-refractivity contribution in [2.24, 2.45) is 0 Å². The lowest BCUT2D eigenvalue weighted by molar-refractivity contribution is 0.762. The Morgan fingerprint density at radius 2 is 1.55 bits per heavy atom. The molecule has 0 aliphatic carbocycles. The highest BCUT2D eigenvalue weighted by atomic mass is 32.1. The fourth-order valence-electron chi connectivity index (χ4n) is 0.612. The van der Waals surface area contributed by atoms with Gasteiger partial charge in [0.2, 0.25) is 0 Å². The van der Waals surface area contributed by atoms with Crippen LogP contribution in [0.4, 0.5) is 0 Å². The number of unbranched alkanes of at least 4 members (excludes halogenated alkanes) is 2. The summed E-state index contributed by atoms with van der Waals surface area (Å²) < 4.78 is 0. The number of nitrogens with one attached hydrogen (secondary N) is 1. The van der Waals surface area contributed by atoms with Crippen molar-refractivity contribution in [3.05, 3.63) is 0 Å². The van der Waals surface area contributed by atoms with E-state index in [9.17, 15) is 0 Å². The van der Waals surface area contributed by atoms with Gasteiger partial charge in [0, 0.05) is 0 Å². The molecule has 70 valence electrons. The van der Waals surface area contributed by atoms with Crippen molar-refractivity contribution < 1.29 is 0 Å². The molecule has 0 aromatic heterocycles. The second-order valence-corrected chi connectivity index (χ2v) is 2.84. The van der Waals surface area contributed by atoms with Gasteiger partial charge in [-0.05, 0) is 25.3 Å². The van der Waals surface area contributed by atoms with Crippen LogP contribution in [0.2, 0.25) is 0 Å². The molecular weight excluding hydrogens is 154 g/mol. The molecule has 0 atom stereocenters. The zero-order valence-corrected chi connectivity index (χ0v) is 9.08. The molecule has 0 fully saturated rings. The van der Waals surface area contributed by atoms with Crippen molar-refractivity contribution in [2.45, 2.75) is 40.0 Å². The van der Waals surface area contributed by atoms with Crippen molar-refractivity contribution >= 4 is 12.6 Å². The molecule has 0 rings (SSSR count). The molecule has 0 aromatic carbocycles. The first-order valence-corrected chi connectivity index (χ1v) is 5.28. The van der Waals surface area contributed by atoms with Gasteiger partial charge in [0.1, 0.15) is 0 Å². The van der Waals surface area contributed by atoms with E-state index < -0.39 is 0 Å². The Hall–Kier alpha value is 0.310. The fourth-order valence-corrected chi connectivity index (χ4v) is 0.835. The quantitative estimate of drug-likeness (QED) is 0.486. The van der Waals surface area contributed by atoms with Crippen molar-refractivity contribution in [1.82, 2.24) is 5.32 Å². The van der Waals surface area contributed by atoms with Crippen LogP contribution < -0.4 is 5.32 Å². The molecule has 11 heavy (non-hydrogen) atoms. The van der Waals surface area contributed by atoms with Gasteiger partial charge in [-0.25, -0.2) is 0 Å². The van der Waals surface area contributed by atoms with Crippen LogP contribution in [-0.4, -0.2) is 18.8 Å². The van der Waals surface area contributed by atoms with Gasteiger partial charge < -0.3 is 5.32 Å². The molecule has 0 aliphatic heterocycles. The van der Waals surface area contributed by atoms with E-state index in [1.807, 2.05) is 0 Å². The second-order valence-electron chi connectivity index (χ2n) is 2.39. The van der Waals surface area contributed by atoms with Crippen molar-refractivity contribution in [1.29, 1.82) is 0 Å². The molecule has 0 spiro atoms. The minimum Gasteiger partial charge on any atom is -0.317 e. The molecular formula is C9H23NS. The molecule has 0 bridgehead atoms. The summed E-state index contributed by atoms with van der Waals surface area (Å²) in [6.07, 6.45) is 3.92. The Morgan fingerprint density at radius 3 is 1.64 bits per heavy atom. The molecule has 0 unspecified atom stereocenters. The maximum absolute atomic E-state index is 4.05. The Bertz CT molecular complexity index is 42.8. The molecule has 2 heteroatoms. The first-order chi connectivity index (χ1) is 5.33. The summed E-state index contributed by atoms with van der Waals surface area (Å²) in [4.78, 5) is 0. The van der Waals surface area contributed by atoms with Gasteiger partial charge in [-0.15, -0.1) is 0 Å². The molecule has 0 amide bonds. The normalized spacial score (nSPS) is 8.73. The third-order valence-electron chi connectivity index (χ3n) is 1.26. The third kappa shape index (κ3) is 25.3. The Balaban J connectivity index is 0. The van der Waals surface area contributed by atoms with Gasteiger partial charge in [-0.1, -0.05) is 33.6 Å². The summed E-state index contributed by atoms with van der Waals surface area (Å²) in [6, 6.07) is 0. The van der Waals surface area contributed by atoms with Crippen molar-refractivity contribution in [3.8, 4) is 0 Å². The first kappa shape index (κ1) is 13.9. The predicted molar refractivity (Wildman–Crippen MR) is 57.6 cm³/mol. The highest BCUT2D eigenvalue weighted by Crippen LogP contribution is 1.93. The summed E-state index contributed by atoms with van der Waals surface area (Å²) >= 11 is 4.05. The van der Waals surface area contributed by atoms with Gasteiger partial charge in [0.05, 0.1) is 0 Å². The van der Waals surface area contributed by atoms with E-state index in [1.165, 1.54) is 19.3 Å². The monoisotopic (exact) mass is 177 g/mol. The minimum absolute atomic E-state index is 1.05. The van der Waals surface area contributed by atoms with E-state index in [4.69, 9.17) is 0 Å². The van der Waals surface area contributed by atoms with Crippen LogP contribution in [0.3, 0.4) is 0 Å². The molecule has 0 heterocycles. The van der Waals surface area contributed by atoms with Gasteiger partial charge in [-0.2, -0.15) is 12.6 Å². The number of thiol groups is 1. The number of hydrogen-bond donors (Lipinski definition) is 2. The van der Waals surface area contributed by atoms with E-state index >= 15 is 0 Å². The third-order valence-corrected chi connectivity index (χ3v) is 1.58. The molecule has 0 saturated heterocycles. The largest absolute Gasteiger partial charge is 0.317 e. The van der Waals surface area contributed by atoms with Crippen LogP contribution in [0.25, 0.3) is 0 Å². The lowest BCUT2D eigenvalue weighted by atomic mass is 10.3. The smallest absolute Gasteiger partial charge is 0.00775 e. The van der Waals surface area contributed by atoms with Crippen molar-refractivity contribution in [3.63, 3.8) is 0 Å². The van der Waals surface area contributed by atoms with E-state index in [0.29, 0.717) is 0 Å².